The van der Waals surface area contributed by atoms with Gasteiger partial charge in [0.2, 0.25) is 0 Å². The van der Waals surface area contributed by atoms with E-state index in [2.05, 4.69) is 15.9 Å². The molecule has 0 aromatic heterocycles. The van der Waals surface area contributed by atoms with Gasteiger partial charge < -0.3 is 14.6 Å². The number of phenolic OH excluding ortho intramolecular Hbond substituents is 1. The number of carbonyl (C=O) groups is 2. The smallest absolute Gasteiger partial charge is 0.348 e. The van der Waals surface area contributed by atoms with Gasteiger partial charge >= 0.3 is 11.9 Å². The molecule has 1 N–H and O–H groups in total. The Kier molecular flexibility index (Phi) is 4.16. The van der Waals surface area contributed by atoms with Crippen molar-refractivity contribution in [2.75, 3.05) is 0 Å². The molecule has 1 aromatic rings. The minimum Gasteiger partial charge on any atom is -0.506 e. The number of esters is 2. The van der Waals surface area contributed by atoms with E-state index in [9.17, 15) is 24.8 Å². The standard InChI is InChI=1S/C14H12BrNO7/c1-6-9(16(20)21)5-7(11(17)10(6)15)4-8-12(18)22-14(2,3)23-13(8)19/h4-5,17H,1-3H3. The molecule has 1 aromatic carbocycles. The summed E-state index contributed by atoms with van der Waals surface area (Å²) in [6, 6.07) is 1.06. The lowest BCUT2D eigenvalue weighted by molar-refractivity contribution is -0.385. The molecule has 0 amide bonds. The third-order valence-corrected chi connectivity index (χ3v) is 4.07. The number of cyclic esters (lactones) is 2. The average molecular weight is 386 g/mol. The van der Waals surface area contributed by atoms with Gasteiger partial charge in [0.05, 0.1) is 9.40 Å². The number of hydrogen-bond acceptors (Lipinski definition) is 7. The molecule has 1 heterocycles. The summed E-state index contributed by atoms with van der Waals surface area (Å²) in [5.41, 5.74) is -0.619. The van der Waals surface area contributed by atoms with Gasteiger partial charge in [0.1, 0.15) is 11.3 Å². The van der Waals surface area contributed by atoms with E-state index in [0.717, 1.165) is 12.1 Å². The van der Waals surface area contributed by atoms with Crippen molar-refractivity contribution in [3.63, 3.8) is 0 Å². The first-order valence-corrected chi connectivity index (χ1v) is 7.17. The molecular formula is C14H12BrNO7. The molecule has 0 spiro atoms. The first-order chi connectivity index (χ1) is 10.5. The van der Waals surface area contributed by atoms with E-state index in [0.29, 0.717) is 0 Å². The molecule has 2 rings (SSSR count). The molecule has 122 valence electrons. The van der Waals surface area contributed by atoms with Crippen LogP contribution in [-0.2, 0) is 19.1 Å². The lowest BCUT2D eigenvalue weighted by Gasteiger charge is -2.29. The summed E-state index contributed by atoms with van der Waals surface area (Å²) in [5.74, 6) is -3.62. The maximum atomic E-state index is 11.9. The molecule has 1 fully saturated rings. The number of carbonyl (C=O) groups excluding carboxylic acids is 2. The maximum absolute atomic E-state index is 11.9. The van der Waals surface area contributed by atoms with E-state index < -0.39 is 28.2 Å². The zero-order chi connectivity index (χ0) is 17.5. The fourth-order valence-corrected chi connectivity index (χ4v) is 2.41. The molecule has 1 saturated heterocycles. The van der Waals surface area contributed by atoms with E-state index in [1.54, 1.807) is 0 Å². The topological polar surface area (TPSA) is 116 Å². The summed E-state index contributed by atoms with van der Waals surface area (Å²) in [6.45, 7) is 4.24. The number of rotatable bonds is 2. The molecule has 0 saturated carbocycles. The number of phenols is 1. The zero-order valence-corrected chi connectivity index (χ0v) is 14.0. The molecule has 8 nitrogen and oxygen atoms in total. The summed E-state index contributed by atoms with van der Waals surface area (Å²) in [5, 5.41) is 21.1. The fraction of sp³-hybridized carbons (Fsp3) is 0.286. The van der Waals surface area contributed by atoms with Gasteiger partial charge in [0, 0.05) is 31.0 Å². The van der Waals surface area contributed by atoms with E-state index >= 15 is 0 Å². The van der Waals surface area contributed by atoms with Gasteiger partial charge in [-0.2, -0.15) is 0 Å². The lowest BCUT2D eigenvalue weighted by atomic mass is 10.0. The molecule has 0 unspecified atom stereocenters. The summed E-state index contributed by atoms with van der Waals surface area (Å²) in [4.78, 5) is 34.2. The van der Waals surface area contributed by atoms with Gasteiger partial charge in [0.25, 0.3) is 11.5 Å². The maximum Gasteiger partial charge on any atom is 0.348 e. The van der Waals surface area contributed by atoms with Crippen LogP contribution in [0.3, 0.4) is 0 Å². The van der Waals surface area contributed by atoms with Crippen LogP contribution in [0.4, 0.5) is 5.69 Å². The first-order valence-electron chi connectivity index (χ1n) is 6.38. The van der Waals surface area contributed by atoms with Crippen LogP contribution >= 0.6 is 15.9 Å². The molecule has 0 bridgehead atoms. The van der Waals surface area contributed by atoms with Crippen LogP contribution in [-0.4, -0.2) is 27.8 Å². The van der Waals surface area contributed by atoms with E-state index in [-0.39, 0.29) is 27.0 Å². The Bertz CT molecular complexity index is 745. The van der Waals surface area contributed by atoms with Gasteiger partial charge in [-0.05, 0) is 28.9 Å². The van der Waals surface area contributed by atoms with Crippen LogP contribution in [0, 0.1) is 17.0 Å². The van der Waals surface area contributed by atoms with Crippen molar-refractivity contribution in [1.29, 1.82) is 0 Å². The van der Waals surface area contributed by atoms with Crippen molar-refractivity contribution in [2.45, 2.75) is 26.6 Å². The van der Waals surface area contributed by atoms with Gasteiger partial charge in [-0.25, -0.2) is 9.59 Å². The Hall–Kier alpha value is -2.42. The highest BCUT2D eigenvalue weighted by Crippen LogP contribution is 2.38. The number of aromatic hydroxyl groups is 1. The SMILES string of the molecule is Cc1c([N+](=O)[O-])cc(C=C2C(=O)OC(C)(C)OC2=O)c(O)c1Br. The summed E-state index contributed by atoms with van der Waals surface area (Å²) in [6.07, 6.45) is 0.992. The van der Waals surface area contributed by atoms with Crippen LogP contribution in [0.5, 0.6) is 5.75 Å². The number of nitro benzene ring substituents is 1. The van der Waals surface area contributed by atoms with Crippen LogP contribution in [0.2, 0.25) is 0 Å². The quantitative estimate of drug-likeness (QED) is 0.273. The molecule has 1 aliphatic heterocycles. The van der Waals surface area contributed by atoms with Gasteiger partial charge in [-0.1, -0.05) is 0 Å². The third kappa shape index (κ3) is 3.19. The van der Waals surface area contributed by atoms with Crippen molar-refractivity contribution in [1.82, 2.24) is 0 Å². The number of benzene rings is 1. The third-order valence-electron chi connectivity index (χ3n) is 3.10. The highest BCUT2D eigenvalue weighted by molar-refractivity contribution is 9.10. The highest BCUT2D eigenvalue weighted by Gasteiger charge is 2.39. The number of nitrogens with zero attached hydrogens (tertiary/aromatic N) is 1. The van der Waals surface area contributed by atoms with Gasteiger partial charge in [-0.3, -0.25) is 10.1 Å². The molecular weight excluding hydrogens is 374 g/mol. The number of hydrogen-bond donors (Lipinski definition) is 1. The summed E-state index contributed by atoms with van der Waals surface area (Å²) >= 11 is 3.05. The lowest BCUT2D eigenvalue weighted by Crippen LogP contribution is -2.41. The second kappa shape index (κ2) is 5.65. The van der Waals surface area contributed by atoms with Crippen molar-refractivity contribution in [2.24, 2.45) is 0 Å². The Morgan fingerprint density at radius 2 is 1.83 bits per heavy atom. The normalized spacial score (nSPS) is 16.6. The largest absolute Gasteiger partial charge is 0.506 e. The van der Waals surface area contributed by atoms with Crippen LogP contribution < -0.4 is 0 Å². The Morgan fingerprint density at radius 1 is 1.30 bits per heavy atom. The van der Waals surface area contributed by atoms with Crippen LogP contribution in [0.15, 0.2) is 16.1 Å². The van der Waals surface area contributed by atoms with Gasteiger partial charge in [-0.15, -0.1) is 0 Å². The second-order valence-corrected chi connectivity index (χ2v) is 6.06. The highest BCUT2D eigenvalue weighted by atomic mass is 79.9. The number of ether oxygens (including phenoxy) is 2. The van der Waals surface area contributed by atoms with Crippen molar-refractivity contribution in [3.05, 3.63) is 37.4 Å². The van der Waals surface area contributed by atoms with E-state index in [1.807, 2.05) is 0 Å². The average Bonchev–Trinajstić information content (AvgIpc) is 2.41. The summed E-state index contributed by atoms with van der Waals surface area (Å²) < 4.78 is 9.94. The van der Waals surface area contributed by atoms with Crippen LogP contribution in [0.25, 0.3) is 6.08 Å². The Balaban J connectivity index is 2.57. The van der Waals surface area contributed by atoms with Crippen molar-refractivity contribution >= 4 is 39.6 Å². The molecule has 1 aliphatic rings. The van der Waals surface area contributed by atoms with E-state index in [1.165, 1.54) is 20.8 Å². The minimum absolute atomic E-state index is 0.0854. The van der Waals surface area contributed by atoms with Gasteiger partial charge in [0.15, 0.2) is 0 Å². The Morgan fingerprint density at radius 3 is 2.30 bits per heavy atom. The van der Waals surface area contributed by atoms with E-state index in [4.69, 9.17) is 9.47 Å². The van der Waals surface area contributed by atoms with Crippen molar-refractivity contribution in [3.8, 4) is 5.75 Å². The first kappa shape index (κ1) is 16.9. The molecule has 0 aliphatic carbocycles. The fourth-order valence-electron chi connectivity index (χ4n) is 1.97. The molecule has 9 heteroatoms. The molecule has 0 atom stereocenters. The summed E-state index contributed by atoms with van der Waals surface area (Å²) in [7, 11) is 0. The molecule has 23 heavy (non-hydrogen) atoms. The molecule has 0 radical (unpaired) electrons. The minimum atomic E-state index is -1.40. The van der Waals surface area contributed by atoms with Crippen molar-refractivity contribution < 1.29 is 29.1 Å². The van der Waals surface area contributed by atoms with Crippen LogP contribution in [0.1, 0.15) is 25.0 Å². The number of halogens is 1. The number of nitro groups is 1. The predicted molar refractivity (Wildman–Crippen MR) is 81.4 cm³/mol. The second-order valence-electron chi connectivity index (χ2n) is 5.27. The predicted octanol–water partition coefficient (Wildman–Crippen LogP) is 2.59. The Labute approximate surface area is 139 Å². The zero-order valence-electron chi connectivity index (χ0n) is 12.4. The monoisotopic (exact) mass is 385 g/mol.